The van der Waals surface area contributed by atoms with Gasteiger partial charge in [0.25, 0.3) is 0 Å². The van der Waals surface area contributed by atoms with E-state index in [-0.39, 0.29) is 0 Å². The number of hydrogen-bond donors (Lipinski definition) is 1. The summed E-state index contributed by atoms with van der Waals surface area (Å²) >= 11 is 0. The van der Waals surface area contributed by atoms with Crippen molar-refractivity contribution in [1.82, 2.24) is 10.3 Å². The van der Waals surface area contributed by atoms with Crippen LogP contribution in [0.25, 0.3) is 10.9 Å². The van der Waals surface area contributed by atoms with Gasteiger partial charge in [0.15, 0.2) is 0 Å². The summed E-state index contributed by atoms with van der Waals surface area (Å²) in [6.45, 7) is 6.69. The molecule has 1 aromatic heterocycles. The van der Waals surface area contributed by atoms with Gasteiger partial charge in [0.1, 0.15) is 0 Å². The molecular formula is C16H22N2. The molecule has 1 heterocycles. The van der Waals surface area contributed by atoms with Crippen LogP contribution >= 0.6 is 0 Å². The van der Waals surface area contributed by atoms with Gasteiger partial charge in [0, 0.05) is 11.6 Å². The highest BCUT2D eigenvalue weighted by atomic mass is 14.8. The Hall–Kier alpha value is -1.41. The Morgan fingerprint density at radius 2 is 2.06 bits per heavy atom. The van der Waals surface area contributed by atoms with E-state index in [2.05, 4.69) is 48.4 Å². The van der Waals surface area contributed by atoms with Crippen LogP contribution in [-0.4, -0.2) is 18.1 Å². The molecular weight excluding hydrogens is 220 g/mol. The van der Waals surface area contributed by atoms with E-state index in [1.54, 1.807) is 0 Å². The first-order chi connectivity index (χ1) is 8.81. The first-order valence-electron chi connectivity index (χ1n) is 6.84. The second kappa shape index (κ2) is 6.50. The summed E-state index contributed by atoms with van der Waals surface area (Å²) in [6, 6.07) is 10.6. The van der Waals surface area contributed by atoms with E-state index in [4.69, 9.17) is 0 Å². The monoisotopic (exact) mass is 242 g/mol. The van der Waals surface area contributed by atoms with Crippen molar-refractivity contribution in [3.05, 3.63) is 42.1 Å². The molecule has 2 heteroatoms. The molecule has 1 aromatic carbocycles. The fourth-order valence-corrected chi connectivity index (χ4v) is 2.30. The summed E-state index contributed by atoms with van der Waals surface area (Å²) in [5.41, 5.74) is 2.52. The lowest BCUT2D eigenvalue weighted by atomic mass is 9.98. The normalized spacial score (nSPS) is 12.8. The van der Waals surface area contributed by atoms with Gasteiger partial charge in [0.05, 0.1) is 5.52 Å². The molecule has 2 nitrogen and oxygen atoms in total. The summed E-state index contributed by atoms with van der Waals surface area (Å²) in [6.07, 6.45) is 4.17. The SMILES string of the molecule is CCCNCC(C)Cc1cccc2cccnc12. The third-order valence-corrected chi connectivity index (χ3v) is 3.20. The summed E-state index contributed by atoms with van der Waals surface area (Å²) < 4.78 is 0. The predicted octanol–water partition coefficient (Wildman–Crippen LogP) is 3.41. The first-order valence-corrected chi connectivity index (χ1v) is 6.84. The van der Waals surface area contributed by atoms with Crippen LogP contribution in [0, 0.1) is 5.92 Å². The Balaban J connectivity index is 2.07. The van der Waals surface area contributed by atoms with Crippen molar-refractivity contribution >= 4 is 10.9 Å². The number of aromatic nitrogens is 1. The van der Waals surface area contributed by atoms with Gasteiger partial charge in [-0.05, 0) is 43.5 Å². The minimum absolute atomic E-state index is 0.643. The van der Waals surface area contributed by atoms with Crippen molar-refractivity contribution in [3.63, 3.8) is 0 Å². The molecule has 0 bridgehead atoms. The zero-order valence-corrected chi connectivity index (χ0v) is 11.3. The van der Waals surface area contributed by atoms with Gasteiger partial charge >= 0.3 is 0 Å². The second-order valence-corrected chi connectivity index (χ2v) is 5.01. The smallest absolute Gasteiger partial charge is 0.0733 e. The minimum Gasteiger partial charge on any atom is -0.316 e. The fraction of sp³-hybridized carbons (Fsp3) is 0.438. The maximum Gasteiger partial charge on any atom is 0.0733 e. The van der Waals surface area contributed by atoms with E-state index in [0.717, 1.165) is 25.0 Å². The summed E-state index contributed by atoms with van der Waals surface area (Å²) in [4.78, 5) is 4.51. The number of pyridine rings is 1. The molecule has 0 radical (unpaired) electrons. The number of para-hydroxylation sites is 1. The molecule has 96 valence electrons. The minimum atomic E-state index is 0.643. The Morgan fingerprint density at radius 1 is 1.22 bits per heavy atom. The number of hydrogen-bond acceptors (Lipinski definition) is 2. The molecule has 0 fully saturated rings. The van der Waals surface area contributed by atoms with Gasteiger partial charge in [-0.15, -0.1) is 0 Å². The Morgan fingerprint density at radius 3 is 2.89 bits per heavy atom. The van der Waals surface area contributed by atoms with Crippen LogP contribution in [0.2, 0.25) is 0 Å². The molecule has 2 rings (SSSR count). The molecule has 1 unspecified atom stereocenters. The van der Waals surface area contributed by atoms with E-state index in [9.17, 15) is 0 Å². The highest BCUT2D eigenvalue weighted by Crippen LogP contribution is 2.18. The number of fused-ring (bicyclic) bond motifs is 1. The summed E-state index contributed by atoms with van der Waals surface area (Å²) in [5, 5.41) is 4.72. The zero-order valence-electron chi connectivity index (χ0n) is 11.3. The Bertz CT molecular complexity index is 488. The molecule has 0 saturated heterocycles. The first kappa shape index (κ1) is 13.0. The highest BCUT2D eigenvalue weighted by molar-refractivity contribution is 5.81. The van der Waals surface area contributed by atoms with Gasteiger partial charge in [0.2, 0.25) is 0 Å². The topological polar surface area (TPSA) is 24.9 Å². The van der Waals surface area contributed by atoms with Gasteiger partial charge in [-0.3, -0.25) is 4.98 Å². The standard InChI is InChI=1S/C16H22N2/c1-3-9-17-12-13(2)11-15-7-4-6-14-8-5-10-18-16(14)15/h4-8,10,13,17H,3,9,11-12H2,1-2H3. The van der Waals surface area contributed by atoms with E-state index in [1.807, 2.05) is 12.3 Å². The van der Waals surface area contributed by atoms with Crippen molar-refractivity contribution in [2.75, 3.05) is 13.1 Å². The number of benzene rings is 1. The van der Waals surface area contributed by atoms with Crippen LogP contribution in [0.1, 0.15) is 25.8 Å². The summed E-state index contributed by atoms with van der Waals surface area (Å²) in [5.74, 6) is 0.643. The Kier molecular flexibility index (Phi) is 4.71. The van der Waals surface area contributed by atoms with Crippen molar-refractivity contribution in [2.45, 2.75) is 26.7 Å². The maximum absolute atomic E-state index is 4.51. The Labute approximate surface area is 109 Å². The van der Waals surface area contributed by atoms with Crippen LogP contribution in [0.5, 0.6) is 0 Å². The van der Waals surface area contributed by atoms with Crippen LogP contribution in [0.4, 0.5) is 0 Å². The number of nitrogens with zero attached hydrogens (tertiary/aromatic N) is 1. The van der Waals surface area contributed by atoms with E-state index in [1.165, 1.54) is 17.4 Å². The molecule has 2 aromatic rings. The molecule has 1 N–H and O–H groups in total. The molecule has 0 aliphatic rings. The third kappa shape index (κ3) is 3.30. The van der Waals surface area contributed by atoms with Crippen LogP contribution < -0.4 is 5.32 Å². The van der Waals surface area contributed by atoms with Crippen LogP contribution in [-0.2, 0) is 6.42 Å². The fourth-order valence-electron chi connectivity index (χ4n) is 2.30. The van der Waals surface area contributed by atoms with Gasteiger partial charge in [-0.25, -0.2) is 0 Å². The average molecular weight is 242 g/mol. The number of nitrogens with one attached hydrogen (secondary N) is 1. The van der Waals surface area contributed by atoms with Crippen LogP contribution in [0.15, 0.2) is 36.5 Å². The lowest BCUT2D eigenvalue weighted by Crippen LogP contribution is -2.23. The van der Waals surface area contributed by atoms with E-state index < -0.39 is 0 Å². The summed E-state index contributed by atoms with van der Waals surface area (Å²) in [7, 11) is 0. The molecule has 0 saturated carbocycles. The lowest BCUT2D eigenvalue weighted by Gasteiger charge is -2.13. The largest absolute Gasteiger partial charge is 0.316 e. The predicted molar refractivity (Wildman–Crippen MR) is 77.8 cm³/mol. The van der Waals surface area contributed by atoms with Crippen molar-refractivity contribution < 1.29 is 0 Å². The molecule has 0 amide bonds. The number of rotatable bonds is 6. The highest BCUT2D eigenvalue weighted by Gasteiger charge is 2.07. The van der Waals surface area contributed by atoms with Crippen molar-refractivity contribution in [3.8, 4) is 0 Å². The quantitative estimate of drug-likeness (QED) is 0.785. The molecule has 18 heavy (non-hydrogen) atoms. The molecule has 0 spiro atoms. The van der Waals surface area contributed by atoms with Crippen LogP contribution in [0.3, 0.4) is 0 Å². The van der Waals surface area contributed by atoms with Crippen molar-refractivity contribution in [1.29, 1.82) is 0 Å². The van der Waals surface area contributed by atoms with E-state index >= 15 is 0 Å². The van der Waals surface area contributed by atoms with E-state index in [0.29, 0.717) is 5.92 Å². The van der Waals surface area contributed by atoms with Gasteiger partial charge in [-0.2, -0.15) is 0 Å². The van der Waals surface area contributed by atoms with Gasteiger partial charge < -0.3 is 5.32 Å². The molecule has 0 aliphatic heterocycles. The van der Waals surface area contributed by atoms with Gasteiger partial charge in [-0.1, -0.05) is 38.1 Å². The second-order valence-electron chi connectivity index (χ2n) is 5.01. The molecule has 0 aliphatic carbocycles. The zero-order chi connectivity index (χ0) is 12.8. The molecule has 1 atom stereocenters. The maximum atomic E-state index is 4.51. The van der Waals surface area contributed by atoms with Crippen molar-refractivity contribution in [2.24, 2.45) is 5.92 Å². The lowest BCUT2D eigenvalue weighted by molar-refractivity contribution is 0.511. The average Bonchev–Trinajstić information content (AvgIpc) is 2.39. The third-order valence-electron chi connectivity index (χ3n) is 3.20.